The summed E-state index contributed by atoms with van der Waals surface area (Å²) in [4.78, 5) is 0. The van der Waals surface area contributed by atoms with Gasteiger partial charge in [-0.25, -0.2) is 0 Å². The van der Waals surface area contributed by atoms with Crippen molar-refractivity contribution in [2.24, 2.45) is 0 Å². The minimum Gasteiger partial charge on any atom is -0.309 e. The Bertz CT molecular complexity index is 1910. The summed E-state index contributed by atoms with van der Waals surface area (Å²) < 4.78 is 2.51. The molecular formula is C37H25N. The Kier molecular flexibility index (Phi) is 4.50. The van der Waals surface area contributed by atoms with Crippen molar-refractivity contribution in [3.8, 4) is 16.8 Å². The molecule has 0 bridgehead atoms. The van der Waals surface area contributed by atoms with Crippen LogP contribution in [-0.4, -0.2) is 4.57 Å². The summed E-state index contributed by atoms with van der Waals surface area (Å²) in [6, 6.07) is 55.5. The molecular weight excluding hydrogens is 458 g/mol. The van der Waals surface area contributed by atoms with E-state index in [1.807, 2.05) is 0 Å². The van der Waals surface area contributed by atoms with Crippen molar-refractivity contribution in [1.29, 1.82) is 0 Å². The molecule has 6 aromatic carbocycles. The Morgan fingerprint density at radius 1 is 0.421 bits per heavy atom. The molecule has 1 heteroatoms. The minimum atomic E-state index is -0.425. The standard InChI is InChI=1S/C37H25N/c1-4-13-26(14-5-1)27-23-24-30-31-19-12-21-33-36(31)38(35(30)25-27)34-22-11-10-20-32(34)37(33,28-15-6-2-7-16-28)29-17-8-3-9-18-29/h1-25H. The average Bonchev–Trinajstić information content (AvgIpc) is 3.34. The Morgan fingerprint density at radius 3 is 1.74 bits per heavy atom. The number of nitrogens with zero attached hydrogens (tertiary/aromatic N) is 1. The molecule has 0 fully saturated rings. The van der Waals surface area contributed by atoms with Crippen molar-refractivity contribution >= 4 is 21.8 Å². The molecule has 0 N–H and O–H groups in total. The van der Waals surface area contributed by atoms with E-state index < -0.39 is 5.41 Å². The van der Waals surface area contributed by atoms with Crippen LogP contribution in [0.5, 0.6) is 0 Å². The van der Waals surface area contributed by atoms with Gasteiger partial charge in [0, 0.05) is 10.8 Å². The molecule has 178 valence electrons. The van der Waals surface area contributed by atoms with Gasteiger partial charge in [-0.1, -0.05) is 140 Å². The number of hydrogen-bond acceptors (Lipinski definition) is 0. The number of para-hydroxylation sites is 2. The van der Waals surface area contributed by atoms with Gasteiger partial charge >= 0.3 is 0 Å². The van der Waals surface area contributed by atoms with E-state index in [2.05, 4.69) is 156 Å². The number of fused-ring (bicyclic) bond motifs is 5. The fourth-order valence-electron chi connectivity index (χ4n) is 6.73. The van der Waals surface area contributed by atoms with Crippen LogP contribution in [0.1, 0.15) is 22.3 Å². The van der Waals surface area contributed by atoms with Crippen molar-refractivity contribution in [1.82, 2.24) is 4.57 Å². The Balaban J connectivity index is 1.58. The van der Waals surface area contributed by atoms with Gasteiger partial charge < -0.3 is 4.57 Å². The van der Waals surface area contributed by atoms with E-state index in [0.29, 0.717) is 0 Å². The van der Waals surface area contributed by atoms with Gasteiger partial charge in [0.05, 0.1) is 22.1 Å². The second-order valence-electron chi connectivity index (χ2n) is 10.1. The Labute approximate surface area is 222 Å². The van der Waals surface area contributed by atoms with E-state index in [0.717, 1.165) is 0 Å². The zero-order chi connectivity index (χ0) is 25.1. The lowest BCUT2D eigenvalue weighted by Crippen LogP contribution is -2.35. The number of aromatic nitrogens is 1. The van der Waals surface area contributed by atoms with Crippen LogP contribution < -0.4 is 0 Å². The van der Waals surface area contributed by atoms with Crippen LogP contribution in [0, 0.1) is 0 Å². The first-order chi connectivity index (χ1) is 18.9. The highest BCUT2D eigenvalue weighted by Crippen LogP contribution is 2.54. The van der Waals surface area contributed by atoms with Gasteiger partial charge in [-0.3, -0.25) is 0 Å². The predicted molar refractivity (Wildman–Crippen MR) is 158 cm³/mol. The number of hydrogen-bond donors (Lipinski definition) is 0. The van der Waals surface area contributed by atoms with Gasteiger partial charge in [-0.15, -0.1) is 0 Å². The van der Waals surface area contributed by atoms with E-state index >= 15 is 0 Å². The minimum absolute atomic E-state index is 0.425. The molecule has 1 aromatic heterocycles. The summed E-state index contributed by atoms with van der Waals surface area (Å²) >= 11 is 0. The van der Waals surface area contributed by atoms with Crippen LogP contribution in [0.2, 0.25) is 0 Å². The van der Waals surface area contributed by atoms with Crippen LogP contribution >= 0.6 is 0 Å². The lowest BCUT2D eigenvalue weighted by Gasteiger charge is -2.41. The largest absolute Gasteiger partial charge is 0.309 e. The van der Waals surface area contributed by atoms with E-state index in [1.54, 1.807) is 0 Å². The fraction of sp³-hybridized carbons (Fsp3) is 0.0270. The van der Waals surface area contributed by atoms with Gasteiger partial charge in [-0.2, -0.15) is 0 Å². The van der Waals surface area contributed by atoms with Crippen molar-refractivity contribution in [2.75, 3.05) is 0 Å². The normalized spacial score (nSPS) is 13.5. The van der Waals surface area contributed by atoms with Crippen molar-refractivity contribution in [2.45, 2.75) is 5.41 Å². The topological polar surface area (TPSA) is 4.93 Å². The van der Waals surface area contributed by atoms with Crippen molar-refractivity contribution < 1.29 is 0 Å². The third kappa shape index (κ3) is 2.76. The van der Waals surface area contributed by atoms with Crippen LogP contribution in [0.25, 0.3) is 38.6 Å². The second kappa shape index (κ2) is 8.06. The summed E-state index contributed by atoms with van der Waals surface area (Å²) in [5, 5.41) is 2.58. The molecule has 1 aliphatic heterocycles. The monoisotopic (exact) mass is 483 g/mol. The first-order valence-electron chi connectivity index (χ1n) is 13.2. The lowest BCUT2D eigenvalue weighted by molar-refractivity contribution is 0.728. The SMILES string of the molecule is c1ccc(-c2ccc3c4cccc5c4n(c3c2)-c2ccccc2C5(c2ccccc2)c2ccccc2)cc1. The fourth-order valence-corrected chi connectivity index (χ4v) is 6.73. The van der Waals surface area contributed by atoms with E-state index in [1.165, 1.54) is 60.9 Å². The summed E-state index contributed by atoms with van der Waals surface area (Å²) in [5.41, 5.74) is 11.0. The molecule has 0 spiro atoms. The predicted octanol–water partition coefficient (Wildman–Crippen LogP) is 9.15. The van der Waals surface area contributed by atoms with Gasteiger partial charge in [-0.05, 0) is 45.5 Å². The molecule has 7 aromatic rings. The highest BCUT2D eigenvalue weighted by atomic mass is 15.0. The second-order valence-corrected chi connectivity index (χ2v) is 10.1. The molecule has 0 unspecified atom stereocenters. The summed E-state index contributed by atoms with van der Waals surface area (Å²) in [6.45, 7) is 0. The van der Waals surface area contributed by atoms with Gasteiger partial charge in [0.1, 0.15) is 0 Å². The summed E-state index contributed by atoms with van der Waals surface area (Å²) in [6.07, 6.45) is 0. The lowest BCUT2D eigenvalue weighted by atomic mass is 9.63. The van der Waals surface area contributed by atoms with E-state index in [9.17, 15) is 0 Å². The number of benzene rings is 6. The molecule has 38 heavy (non-hydrogen) atoms. The zero-order valence-electron chi connectivity index (χ0n) is 20.9. The van der Waals surface area contributed by atoms with E-state index in [4.69, 9.17) is 0 Å². The van der Waals surface area contributed by atoms with Crippen LogP contribution in [0.3, 0.4) is 0 Å². The number of rotatable bonds is 3. The molecule has 0 saturated heterocycles. The average molecular weight is 484 g/mol. The third-order valence-electron chi connectivity index (χ3n) is 8.26. The maximum atomic E-state index is 2.51. The van der Waals surface area contributed by atoms with Crippen molar-refractivity contribution in [3.05, 3.63) is 174 Å². The molecule has 2 heterocycles. The quantitative estimate of drug-likeness (QED) is 0.236. The highest BCUT2D eigenvalue weighted by Gasteiger charge is 2.44. The zero-order valence-corrected chi connectivity index (χ0v) is 20.9. The maximum Gasteiger partial charge on any atom is 0.0742 e. The Morgan fingerprint density at radius 2 is 1.03 bits per heavy atom. The molecule has 0 amide bonds. The van der Waals surface area contributed by atoms with E-state index in [-0.39, 0.29) is 0 Å². The van der Waals surface area contributed by atoms with Gasteiger partial charge in [0.2, 0.25) is 0 Å². The summed E-state index contributed by atoms with van der Waals surface area (Å²) in [7, 11) is 0. The maximum absolute atomic E-state index is 2.51. The summed E-state index contributed by atoms with van der Waals surface area (Å²) in [5.74, 6) is 0. The smallest absolute Gasteiger partial charge is 0.0742 e. The van der Waals surface area contributed by atoms with Crippen molar-refractivity contribution in [3.63, 3.8) is 0 Å². The first kappa shape index (κ1) is 21.2. The van der Waals surface area contributed by atoms with Crippen LogP contribution in [0.4, 0.5) is 0 Å². The molecule has 1 aliphatic rings. The molecule has 8 rings (SSSR count). The first-order valence-corrected chi connectivity index (χ1v) is 13.2. The molecule has 0 atom stereocenters. The molecule has 0 radical (unpaired) electrons. The van der Waals surface area contributed by atoms with Crippen LogP contribution in [-0.2, 0) is 5.41 Å². The molecule has 0 aliphatic carbocycles. The molecule has 0 saturated carbocycles. The Hall–Kier alpha value is -4.88. The molecule has 1 nitrogen and oxygen atoms in total. The highest BCUT2D eigenvalue weighted by molar-refractivity contribution is 6.13. The third-order valence-corrected chi connectivity index (χ3v) is 8.26. The van der Waals surface area contributed by atoms with Gasteiger partial charge in [0.25, 0.3) is 0 Å². The van der Waals surface area contributed by atoms with Gasteiger partial charge in [0.15, 0.2) is 0 Å². The van der Waals surface area contributed by atoms with Crippen LogP contribution in [0.15, 0.2) is 152 Å².